The zero-order valence-electron chi connectivity index (χ0n) is 12.2. The Morgan fingerprint density at radius 3 is 2.35 bits per heavy atom. The summed E-state index contributed by atoms with van der Waals surface area (Å²) in [5.74, 6) is 0.165. The summed E-state index contributed by atoms with van der Waals surface area (Å²) < 4.78 is 0. The lowest BCUT2D eigenvalue weighted by Gasteiger charge is -2.29. The van der Waals surface area contributed by atoms with Gasteiger partial charge in [-0.25, -0.2) is 0 Å². The number of rotatable bonds is 5. The second-order valence-electron chi connectivity index (χ2n) is 5.89. The summed E-state index contributed by atoms with van der Waals surface area (Å²) in [6.45, 7) is 1.18. The third-order valence-corrected chi connectivity index (χ3v) is 4.48. The summed E-state index contributed by atoms with van der Waals surface area (Å²) in [6.07, 6.45) is 7.50. The molecule has 0 heterocycles. The topological polar surface area (TPSA) is 55.1 Å². The molecular formula is C17H26N2O. The minimum absolute atomic E-state index is 0.165. The molecule has 0 radical (unpaired) electrons. The van der Waals surface area contributed by atoms with Crippen LogP contribution in [0.2, 0.25) is 0 Å². The van der Waals surface area contributed by atoms with Crippen molar-refractivity contribution in [2.45, 2.75) is 44.9 Å². The van der Waals surface area contributed by atoms with E-state index in [9.17, 15) is 4.79 Å². The van der Waals surface area contributed by atoms with Crippen LogP contribution in [0.5, 0.6) is 0 Å². The Bertz CT molecular complexity index is 408. The molecule has 0 aromatic heterocycles. The van der Waals surface area contributed by atoms with Crippen LogP contribution in [0.4, 0.5) is 0 Å². The van der Waals surface area contributed by atoms with Crippen LogP contribution in [0.25, 0.3) is 0 Å². The Hall–Kier alpha value is -1.35. The van der Waals surface area contributed by atoms with Gasteiger partial charge in [-0.3, -0.25) is 4.79 Å². The molecule has 0 atom stereocenters. The van der Waals surface area contributed by atoms with Crippen LogP contribution >= 0.6 is 0 Å². The molecule has 110 valence electrons. The maximum absolute atomic E-state index is 12.5. The van der Waals surface area contributed by atoms with Crippen LogP contribution in [0, 0.1) is 5.41 Å². The summed E-state index contributed by atoms with van der Waals surface area (Å²) in [6, 6.07) is 10.3. The van der Waals surface area contributed by atoms with Crippen LogP contribution in [0.1, 0.15) is 44.1 Å². The van der Waals surface area contributed by atoms with Crippen molar-refractivity contribution in [1.29, 1.82) is 0 Å². The van der Waals surface area contributed by atoms with Gasteiger partial charge in [0.2, 0.25) is 5.91 Å². The van der Waals surface area contributed by atoms with Gasteiger partial charge in [-0.05, 0) is 24.8 Å². The Morgan fingerprint density at radius 1 is 1.10 bits per heavy atom. The minimum Gasteiger partial charge on any atom is -0.355 e. The summed E-state index contributed by atoms with van der Waals surface area (Å²) in [4.78, 5) is 12.5. The van der Waals surface area contributed by atoms with Gasteiger partial charge in [0.1, 0.15) is 0 Å². The van der Waals surface area contributed by atoms with Gasteiger partial charge >= 0.3 is 0 Å². The molecule has 1 aromatic carbocycles. The summed E-state index contributed by atoms with van der Waals surface area (Å²) in [5.41, 5.74) is 6.88. The molecule has 1 aliphatic carbocycles. The number of carbonyl (C=O) groups excluding carboxylic acids is 1. The van der Waals surface area contributed by atoms with Crippen LogP contribution in [0.3, 0.4) is 0 Å². The highest BCUT2D eigenvalue weighted by molar-refractivity contribution is 5.82. The second-order valence-corrected chi connectivity index (χ2v) is 5.89. The van der Waals surface area contributed by atoms with E-state index in [2.05, 4.69) is 17.4 Å². The Balaban J connectivity index is 1.86. The van der Waals surface area contributed by atoms with Crippen molar-refractivity contribution in [3.63, 3.8) is 0 Å². The molecule has 0 bridgehead atoms. The Morgan fingerprint density at radius 2 is 1.75 bits per heavy atom. The maximum Gasteiger partial charge on any atom is 0.227 e. The molecule has 2 rings (SSSR count). The first-order chi connectivity index (χ1) is 9.77. The average Bonchev–Trinajstić information content (AvgIpc) is 2.74. The maximum atomic E-state index is 12.5. The molecule has 1 saturated carbocycles. The molecule has 1 amide bonds. The minimum atomic E-state index is -0.312. The van der Waals surface area contributed by atoms with E-state index in [1.807, 2.05) is 18.2 Å². The van der Waals surface area contributed by atoms with Gasteiger partial charge < -0.3 is 11.1 Å². The molecule has 20 heavy (non-hydrogen) atoms. The monoisotopic (exact) mass is 274 g/mol. The number of nitrogens with two attached hydrogens (primary N) is 1. The standard InChI is InChI=1S/C17H26N2O/c18-14-17(11-6-1-2-7-12-17)16(20)19-13-10-15-8-4-3-5-9-15/h3-5,8-9H,1-2,6-7,10-14,18H2,(H,19,20). The van der Waals surface area contributed by atoms with E-state index in [-0.39, 0.29) is 11.3 Å². The van der Waals surface area contributed by atoms with Crippen molar-refractivity contribution in [2.24, 2.45) is 11.1 Å². The van der Waals surface area contributed by atoms with Crippen LogP contribution < -0.4 is 11.1 Å². The summed E-state index contributed by atoms with van der Waals surface area (Å²) in [5, 5.41) is 3.10. The summed E-state index contributed by atoms with van der Waals surface area (Å²) in [7, 11) is 0. The predicted octanol–water partition coefficient (Wildman–Crippen LogP) is 2.64. The van der Waals surface area contributed by atoms with Gasteiger partial charge in [0.25, 0.3) is 0 Å². The lowest BCUT2D eigenvalue weighted by Crippen LogP contribution is -2.46. The third kappa shape index (κ3) is 3.83. The van der Waals surface area contributed by atoms with Gasteiger partial charge in [-0.15, -0.1) is 0 Å². The number of nitrogens with one attached hydrogen (secondary N) is 1. The van der Waals surface area contributed by atoms with Crippen molar-refractivity contribution >= 4 is 5.91 Å². The van der Waals surface area contributed by atoms with Gasteiger partial charge in [-0.2, -0.15) is 0 Å². The third-order valence-electron chi connectivity index (χ3n) is 4.48. The van der Waals surface area contributed by atoms with Crippen LogP contribution in [0.15, 0.2) is 30.3 Å². The van der Waals surface area contributed by atoms with Gasteiger partial charge in [0.05, 0.1) is 5.41 Å². The fraction of sp³-hybridized carbons (Fsp3) is 0.588. The van der Waals surface area contributed by atoms with Gasteiger partial charge in [0.15, 0.2) is 0 Å². The van der Waals surface area contributed by atoms with E-state index in [0.717, 1.165) is 32.1 Å². The molecule has 1 fully saturated rings. The number of amides is 1. The smallest absolute Gasteiger partial charge is 0.227 e. The fourth-order valence-electron chi connectivity index (χ4n) is 3.08. The number of benzene rings is 1. The normalized spacial score (nSPS) is 18.2. The average molecular weight is 274 g/mol. The highest BCUT2D eigenvalue weighted by Gasteiger charge is 2.36. The molecule has 0 unspecified atom stereocenters. The highest BCUT2D eigenvalue weighted by atomic mass is 16.2. The SMILES string of the molecule is NCC1(C(=O)NCCc2ccccc2)CCCCCC1. The fourth-order valence-corrected chi connectivity index (χ4v) is 3.08. The molecular weight excluding hydrogens is 248 g/mol. The molecule has 1 aromatic rings. The van der Waals surface area contributed by atoms with Gasteiger partial charge in [0, 0.05) is 13.1 Å². The molecule has 3 N–H and O–H groups in total. The molecule has 3 heteroatoms. The molecule has 0 spiro atoms. The number of hydrogen-bond donors (Lipinski definition) is 2. The summed E-state index contributed by atoms with van der Waals surface area (Å²) >= 11 is 0. The second kappa shape index (κ2) is 7.44. The quantitative estimate of drug-likeness (QED) is 0.811. The Kier molecular flexibility index (Phi) is 5.60. The molecule has 3 nitrogen and oxygen atoms in total. The van der Waals surface area contributed by atoms with Crippen molar-refractivity contribution in [3.05, 3.63) is 35.9 Å². The highest BCUT2D eigenvalue weighted by Crippen LogP contribution is 2.34. The Labute approximate surface area is 121 Å². The van der Waals surface area contributed by atoms with E-state index >= 15 is 0 Å². The first-order valence-electron chi connectivity index (χ1n) is 7.79. The van der Waals surface area contributed by atoms with E-state index in [1.54, 1.807) is 0 Å². The van der Waals surface area contributed by atoms with Crippen molar-refractivity contribution in [2.75, 3.05) is 13.1 Å². The molecule has 1 aliphatic rings. The van der Waals surface area contributed by atoms with E-state index in [0.29, 0.717) is 13.1 Å². The zero-order valence-corrected chi connectivity index (χ0v) is 12.2. The largest absolute Gasteiger partial charge is 0.355 e. The number of hydrogen-bond acceptors (Lipinski definition) is 2. The van der Waals surface area contributed by atoms with Crippen molar-refractivity contribution in [1.82, 2.24) is 5.32 Å². The first kappa shape index (κ1) is 15.0. The number of carbonyl (C=O) groups is 1. The first-order valence-corrected chi connectivity index (χ1v) is 7.79. The van der Waals surface area contributed by atoms with Crippen molar-refractivity contribution in [3.8, 4) is 0 Å². The predicted molar refractivity (Wildman–Crippen MR) is 82.3 cm³/mol. The molecule has 0 aliphatic heterocycles. The zero-order chi connectivity index (χ0) is 14.3. The van der Waals surface area contributed by atoms with E-state index in [4.69, 9.17) is 5.73 Å². The molecule has 0 saturated heterocycles. The van der Waals surface area contributed by atoms with Crippen molar-refractivity contribution < 1.29 is 4.79 Å². The lowest BCUT2D eigenvalue weighted by atomic mass is 9.79. The van der Waals surface area contributed by atoms with Crippen LogP contribution in [-0.2, 0) is 11.2 Å². The van der Waals surface area contributed by atoms with E-state index in [1.165, 1.54) is 18.4 Å². The lowest BCUT2D eigenvalue weighted by molar-refractivity contribution is -0.131. The van der Waals surface area contributed by atoms with Gasteiger partial charge in [-0.1, -0.05) is 56.0 Å². The van der Waals surface area contributed by atoms with E-state index < -0.39 is 0 Å². The van der Waals surface area contributed by atoms with Crippen LogP contribution in [-0.4, -0.2) is 19.0 Å².